The topological polar surface area (TPSA) is 78.9 Å². The Morgan fingerprint density at radius 3 is 2.68 bits per heavy atom. The number of hydrogen-bond acceptors (Lipinski definition) is 4. The summed E-state index contributed by atoms with van der Waals surface area (Å²) in [6, 6.07) is 5.18. The van der Waals surface area contributed by atoms with Crippen molar-refractivity contribution in [3.8, 4) is 5.75 Å². The lowest BCUT2D eigenvalue weighted by atomic mass is 10.2. The Balaban J connectivity index is 0.00000441. The zero-order valence-electron chi connectivity index (χ0n) is 12.5. The summed E-state index contributed by atoms with van der Waals surface area (Å²) >= 11 is 5.91. The molecule has 0 heterocycles. The van der Waals surface area contributed by atoms with Crippen LogP contribution in [0.2, 0.25) is 5.02 Å². The molecule has 0 aliphatic carbocycles. The normalized spacial score (nSPS) is 10.0. The van der Waals surface area contributed by atoms with Crippen molar-refractivity contribution in [2.24, 2.45) is 0 Å². The van der Waals surface area contributed by atoms with Crippen LogP contribution in [0.5, 0.6) is 5.75 Å². The van der Waals surface area contributed by atoms with Crippen LogP contribution >= 0.6 is 24.0 Å². The van der Waals surface area contributed by atoms with Gasteiger partial charge in [-0.25, -0.2) is 0 Å². The third-order valence-electron chi connectivity index (χ3n) is 2.84. The number of hydrogen-bond donors (Lipinski definition) is 2. The molecule has 22 heavy (non-hydrogen) atoms. The molecule has 8 heteroatoms. The number of halogens is 2. The highest BCUT2D eigenvalue weighted by molar-refractivity contribution is 6.30. The van der Waals surface area contributed by atoms with Crippen LogP contribution in [0, 0.1) is 0 Å². The second kappa shape index (κ2) is 10.3. The van der Waals surface area contributed by atoms with Crippen molar-refractivity contribution in [3.63, 3.8) is 0 Å². The van der Waals surface area contributed by atoms with E-state index in [9.17, 15) is 9.59 Å². The van der Waals surface area contributed by atoms with Crippen molar-refractivity contribution in [2.75, 3.05) is 27.2 Å². The molecule has 0 aliphatic rings. The highest BCUT2D eigenvalue weighted by atomic mass is 35.5. The molecule has 0 saturated carbocycles. The number of nitrogens with zero attached hydrogens (tertiary/aromatic N) is 1. The molecule has 0 bridgehead atoms. The number of likely N-dealkylation sites (N-methyl/N-ethyl adjacent to an activating group) is 1. The average Bonchev–Trinajstić information content (AvgIpc) is 2.43. The number of amides is 1. The molecular formula is C14H20Cl2N2O4. The number of benzene rings is 1. The van der Waals surface area contributed by atoms with Gasteiger partial charge in [0.1, 0.15) is 5.75 Å². The van der Waals surface area contributed by atoms with Gasteiger partial charge >= 0.3 is 5.97 Å². The first kappa shape index (κ1) is 20.5. The molecule has 6 nitrogen and oxygen atoms in total. The summed E-state index contributed by atoms with van der Waals surface area (Å²) in [5.41, 5.74) is 0.784. The summed E-state index contributed by atoms with van der Waals surface area (Å²) in [6.45, 7) is 0.759. The van der Waals surface area contributed by atoms with Crippen molar-refractivity contribution in [1.82, 2.24) is 10.2 Å². The second-order valence-electron chi connectivity index (χ2n) is 4.61. The Morgan fingerprint density at radius 1 is 1.41 bits per heavy atom. The lowest BCUT2D eigenvalue weighted by Crippen LogP contribution is -2.35. The molecule has 1 rings (SSSR count). The minimum absolute atomic E-state index is 0. The summed E-state index contributed by atoms with van der Waals surface area (Å²) in [7, 11) is 3.25. The number of methoxy groups -OCH3 is 1. The van der Waals surface area contributed by atoms with E-state index >= 15 is 0 Å². The van der Waals surface area contributed by atoms with E-state index < -0.39 is 5.97 Å². The quantitative estimate of drug-likeness (QED) is 0.747. The highest BCUT2D eigenvalue weighted by Crippen LogP contribution is 2.22. The Kier molecular flexibility index (Phi) is 9.56. The van der Waals surface area contributed by atoms with E-state index in [1.54, 1.807) is 37.3 Å². The number of rotatable bonds is 8. The minimum Gasteiger partial charge on any atom is -0.496 e. The summed E-state index contributed by atoms with van der Waals surface area (Å²) in [5.74, 6) is -0.422. The molecule has 0 spiro atoms. The first-order valence-electron chi connectivity index (χ1n) is 6.42. The summed E-state index contributed by atoms with van der Waals surface area (Å²) in [5, 5.41) is 11.9. The number of carboxylic acids is 1. The van der Waals surface area contributed by atoms with Crippen molar-refractivity contribution in [1.29, 1.82) is 0 Å². The molecule has 124 valence electrons. The van der Waals surface area contributed by atoms with Gasteiger partial charge in [0.15, 0.2) is 0 Å². The van der Waals surface area contributed by atoms with Crippen LogP contribution in [-0.2, 0) is 16.1 Å². The molecule has 0 aliphatic heterocycles. The number of carbonyl (C=O) groups excluding carboxylic acids is 1. The van der Waals surface area contributed by atoms with Crippen LogP contribution in [0.4, 0.5) is 0 Å². The Morgan fingerprint density at radius 2 is 2.09 bits per heavy atom. The molecule has 0 radical (unpaired) electrons. The largest absolute Gasteiger partial charge is 0.496 e. The maximum atomic E-state index is 11.8. The Bertz CT molecular complexity index is 512. The molecule has 0 unspecified atom stereocenters. The van der Waals surface area contributed by atoms with Crippen molar-refractivity contribution >= 4 is 35.9 Å². The number of carbonyl (C=O) groups is 2. The van der Waals surface area contributed by atoms with Crippen molar-refractivity contribution < 1.29 is 19.4 Å². The molecule has 1 aromatic rings. The maximum Gasteiger partial charge on any atom is 0.304 e. The van der Waals surface area contributed by atoms with Crippen LogP contribution in [-0.4, -0.2) is 49.1 Å². The molecule has 0 aromatic heterocycles. The smallest absolute Gasteiger partial charge is 0.304 e. The first-order valence-corrected chi connectivity index (χ1v) is 6.79. The maximum absolute atomic E-state index is 11.8. The number of aliphatic carboxylic acids is 1. The van der Waals surface area contributed by atoms with E-state index in [4.69, 9.17) is 21.4 Å². The SMILES string of the molecule is COc1ccc(Cl)cc1CNC(=O)CN(C)CCC(=O)O.Cl. The fourth-order valence-electron chi connectivity index (χ4n) is 1.75. The zero-order valence-corrected chi connectivity index (χ0v) is 14.0. The van der Waals surface area contributed by atoms with E-state index in [-0.39, 0.29) is 31.3 Å². The fraction of sp³-hybridized carbons (Fsp3) is 0.429. The van der Waals surface area contributed by atoms with Gasteiger partial charge in [0.25, 0.3) is 0 Å². The lowest BCUT2D eigenvalue weighted by molar-refractivity contribution is -0.137. The average molecular weight is 351 g/mol. The van der Waals surface area contributed by atoms with Gasteiger partial charge in [-0.15, -0.1) is 12.4 Å². The third kappa shape index (κ3) is 7.49. The highest BCUT2D eigenvalue weighted by Gasteiger charge is 2.10. The molecular weight excluding hydrogens is 331 g/mol. The van der Waals surface area contributed by atoms with E-state index in [0.29, 0.717) is 23.9 Å². The van der Waals surface area contributed by atoms with Gasteiger partial charge in [0, 0.05) is 23.7 Å². The number of carboxylic acid groups (broad SMARTS) is 1. The van der Waals surface area contributed by atoms with Gasteiger partial charge in [0.2, 0.25) is 5.91 Å². The van der Waals surface area contributed by atoms with Gasteiger partial charge < -0.3 is 15.2 Å². The van der Waals surface area contributed by atoms with Gasteiger partial charge in [0.05, 0.1) is 20.1 Å². The monoisotopic (exact) mass is 350 g/mol. The van der Waals surface area contributed by atoms with Crippen molar-refractivity contribution in [3.05, 3.63) is 28.8 Å². The predicted molar refractivity (Wildman–Crippen MR) is 86.8 cm³/mol. The van der Waals surface area contributed by atoms with Crippen molar-refractivity contribution in [2.45, 2.75) is 13.0 Å². The fourth-order valence-corrected chi connectivity index (χ4v) is 1.94. The van der Waals surface area contributed by atoms with Gasteiger partial charge in [-0.3, -0.25) is 14.5 Å². The van der Waals surface area contributed by atoms with Crippen LogP contribution < -0.4 is 10.1 Å². The number of nitrogens with one attached hydrogen (secondary N) is 1. The molecule has 0 atom stereocenters. The van der Waals surface area contributed by atoms with E-state index in [2.05, 4.69) is 5.32 Å². The molecule has 1 aromatic carbocycles. The standard InChI is InChI=1S/C14H19ClN2O4.ClH/c1-17(6-5-14(19)20)9-13(18)16-8-10-7-11(15)3-4-12(10)21-2;/h3-4,7H,5-6,8-9H2,1-2H3,(H,16,18)(H,19,20);1H. The van der Waals surface area contributed by atoms with E-state index in [0.717, 1.165) is 5.56 Å². The van der Waals surface area contributed by atoms with Gasteiger partial charge in [-0.05, 0) is 25.2 Å². The van der Waals surface area contributed by atoms with Gasteiger partial charge in [-0.1, -0.05) is 11.6 Å². The van der Waals surface area contributed by atoms with Crippen LogP contribution in [0.3, 0.4) is 0 Å². The zero-order chi connectivity index (χ0) is 15.8. The Labute approximate surface area is 140 Å². The lowest BCUT2D eigenvalue weighted by Gasteiger charge is -2.15. The van der Waals surface area contributed by atoms with Crippen LogP contribution in [0.15, 0.2) is 18.2 Å². The second-order valence-corrected chi connectivity index (χ2v) is 5.05. The van der Waals surface area contributed by atoms with Crippen LogP contribution in [0.1, 0.15) is 12.0 Å². The van der Waals surface area contributed by atoms with Gasteiger partial charge in [-0.2, -0.15) is 0 Å². The summed E-state index contributed by atoms with van der Waals surface area (Å²) < 4.78 is 5.19. The molecule has 0 fully saturated rings. The predicted octanol–water partition coefficient (Wildman–Crippen LogP) is 1.79. The summed E-state index contributed by atoms with van der Waals surface area (Å²) in [6.07, 6.45) is 0.00585. The van der Waals surface area contributed by atoms with Crippen LogP contribution in [0.25, 0.3) is 0 Å². The molecule has 0 saturated heterocycles. The number of ether oxygens (including phenoxy) is 1. The first-order chi connectivity index (χ1) is 9.92. The molecule has 2 N–H and O–H groups in total. The van der Waals surface area contributed by atoms with E-state index in [1.807, 2.05) is 0 Å². The third-order valence-corrected chi connectivity index (χ3v) is 3.07. The van der Waals surface area contributed by atoms with E-state index in [1.165, 1.54) is 0 Å². The summed E-state index contributed by atoms with van der Waals surface area (Å²) in [4.78, 5) is 23.9. The Hall–Kier alpha value is -1.50. The minimum atomic E-state index is -0.883. The molecule has 1 amide bonds.